The highest BCUT2D eigenvalue weighted by Crippen LogP contribution is 2.37. The second kappa shape index (κ2) is 5.20. The molecule has 1 aromatic carbocycles. The van der Waals surface area contributed by atoms with E-state index in [4.69, 9.17) is 11.6 Å². The fourth-order valence-electron chi connectivity index (χ4n) is 1.83. The molecule has 5 nitrogen and oxygen atoms in total. The monoisotopic (exact) mass is 294 g/mol. The first-order valence-electron chi connectivity index (χ1n) is 6.28. The van der Waals surface area contributed by atoms with Gasteiger partial charge in [-0.15, -0.1) is 5.10 Å². The van der Waals surface area contributed by atoms with E-state index in [1.807, 2.05) is 0 Å². The first-order valence-corrected chi connectivity index (χ1v) is 6.65. The van der Waals surface area contributed by atoms with Crippen LogP contribution in [0.2, 0.25) is 5.02 Å². The van der Waals surface area contributed by atoms with Crippen LogP contribution in [0.4, 0.5) is 4.39 Å². The van der Waals surface area contributed by atoms with E-state index >= 15 is 0 Å². The van der Waals surface area contributed by atoms with Gasteiger partial charge in [-0.1, -0.05) is 17.7 Å². The van der Waals surface area contributed by atoms with Crippen LogP contribution in [-0.4, -0.2) is 21.1 Å². The fourth-order valence-corrected chi connectivity index (χ4v) is 2.03. The minimum atomic E-state index is -0.482. The molecular weight excluding hydrogens is 283 g/mol. The summed E-state index contributed by atoms with van der Waals surface area (Å²) in [6.45, 7) is 0.242. The molecule has 0 spiro atoms. The molecule has 2 N–H and O–H groups in total. The van der Waals surface area contributed by atoms with E-state index in [0.29, 0.717) is 11.5 Å². The Morgan fingerprint density at radius 1 is 1.50 bits per heavy atom. The van der Waals surface area contributed by atoms with Crippen molar-refractivity contribution in [2.75, 3.05) is 0 Å². The van der Waals surface area contributed by atoms with Gasteiger partial charge in [0.1, 0.15) is 11.6 Å². The third-order valence-electron chi connectivity index (χ3n) is 3.11. The van der Waals surface area contributed by atoms with Gasteiger partial charge in [-0.3, -0.25) is 9.89 Å². The van der Waals surface area contributed by atoms with Gasteiger partial charge in [-0.05, 0) is 30.5 Å². The lowest BCUT2D eigenvalue weighted by molar-refractivity contribution is 0.0941. The summed E-state index contributed by atoms with van der Waals surface area (Å²) < 4.78 is 13.0. The molecule has 1 aliphatic carbocycles. The highest BCUT2D eigenvalue weighted by Gasteiger charge is 2.28. The number of amides is 1. The zero-order valence-corrected chi connectivity index (χ0v) is 11.2. The molecule has 0 saturated heterocycles. The molecule has 2 aromatic rings. The highest BCUT2D eigenvalue weighted by molar-refractivity contribution is 6.30. The van der Waals surface area contributed by atoms with Crippen LogP contribution in [0.3, 0.4) is 0 Å². The number of benzene rings is 1. The summed E-state index contributed by atoms with van der Waals surface area (Å²) in [6, 6.07) is 4.31. The summed E-state index contributed by atoms with van der Waals surface area (Å²) in [5.74, 6) is 0.457. The number of aromatic amines is 1. The minimum Gasteiger partial charge on any atom is -0.345 e. The van der Waals surface area contributed by atoms with E-state index < -0.39 is 5.82 Å². The number of hydrogen-bond donors (Lipinski definition) is 2. The van der Waals surface area contributed by atoms with Crippen LogP contribution in [-0.2, 0) is 6.54 Å². The average Bonchev–Trinajstić information content (AvgIpc) is 3.17. The first kappa shape index (κ1) is 13.1. The predicted molar refractivity (Wildman–Crippen MR) is 70.9 cm³/mol. The second-order valence-corrected chi connectivity index (χ2v) is 5.16. The Balaban J connectivity index is 1.61. The zero-order chi connectivity index (χ0) is 14.1. The Morgan fingerprint density at radius 2 is 2.30 bits per heavy atom. The Labute approximate surface area is 119 Å². The number of rotatable bonds is 4. The molecule has 1 aromatic heterocycles. The third kappa shape index (κ3) is 2.80. The molecule has 0 aliphatic heterocycles. The van der Waals surface area contributed by atoms with E-state index in [1.165, 1.54) is 12.1 Å². The van der Waals surface area contributed by atoms with Crippen molar-refractivity contribution in [3.63, 3.8) is 0 Å². The molecule has 1 saturated carbocycles. The van der Waals surface area contributed by atoms with Gasteiger partial charge < -0.3 is 5.32 Å². The number of nitrogens with one attached hydrogen (secondary N) is 2. The van der Waals surface area contributed by atoms with Gasteiger partial charge in [-0.25, -0.2) is 9.37 Å². The number of hydrogen-bond acceptors (Lipinski definition) is 3. The number of nitrogens with zero attached hydrogens (tertiary/aromatic N) is 2. The molecule has 0 radical (unpaired) electrons. The van der Waals surface area contributed by atoms with E-state index in [9.17, 15) is 9.18 Å². The molecule has 1 aliphatic rings. The zero-order valence-electron chi connectivity index (χ0n) is 10.5. The summed E-state index contributed by atoms with van der Waals surface area (Å²) in [5.41, 5.74) is 0.711. The highest BCUT2D eigenvalue weighted by atomic mass is 35.5. The number of aromatic nitrogens is 3. The van der Waals surface area contributed by atoms with Gasteiger partial charge in [0.2, 0.25) is 5.82 Å². The molecule has 104 valence electrons. The van der Waals surface area contributed by atoms with E-state index in [0.717, 1.165) is 18.7 Å². The molecule has 0 unspecified atom stereocenters. The molecule has 1 fully saturated rings. The number of carbonyl (C=O) groups is 1. The van der Waals surface area contributed by atoms with Crippen molar-refractivity contribution in [1.82, 2.24) is 20.5 Å². The van der Waals surface area contributed by atoms with Crippen LogP contribution in [0.15, 0.2) is 18.2 Å². The predicted octanol–water partition coefficient (Wildman–Crippen LogP) is 2.40. The summed E-state index contributed by atoms with van der Waals surface area (Å²) in [4.78, 5) is 16.0. The van der Waals surface area contributed by atoms with Crippen molar-refractivity contribution in [2.45, 2.75) is 25.3 Å². The molecular formula is C13H12ClFN4O. The summed E-state index contributed by atoms with van der Waals surface area (Å²) >= 11 is 5.67. The molecule has 3 rings (SSSR count). The average molecular weight is 295 g/mol. The van der Waals surface area contributed by atoms with Crippen LogP contribution in [0, 0.1) is 5.82 Å². The molecule has 7 heteroatoms. The lowest BCUT2D eigenvalue weighted by atomic mass is 10.2. The maximum Gasteiger partial charge on any atom is 0.291 e. The van der Waals surface area contributed by atoms with Gasteiger partial charge in [0, 0.05) is 12.5 Å². The Hall–Kier alpha value is -1.95. The lowest BCUT2D eigenvalue weighted by Crippen LogP contribution is -2.24. The molecule has 20 heavy (non-hydrogen) atoms. The molecule has 0 atom stereocenters. The van der Waals surface area contributed by atoms with Crippen molar-refractivity contribution in [3.05, 3.63) is 46.3 Å². The summed E-state index contributed by atoms with van der Waals surface area (Å²) in [6.07, 6.45) is 2.18. The molecule has 1 heterocycles. The van der Waals surface area contributed by atoms with Gasteiger partial charge >= 0.3 is 0 Å². The lowest BCUT2D eigenvalue weighted by Gasteiger charge is -2.03. The molecule has 1 amide bonds. The normalized spacial score (nSPS) is 14.3. The first-order chi connectivity index (χ1) is 9.63. The number of H-pyrrole nitrogens is 1. The number of carbonyl (C=O) groups excluding carboxylic acids is 1. The largest absolute Gasteiger partial charge is 0.345 e. The van der Waals surface area contributed by atoms with Crippen molar-refractivity contribution >= 4 is 17.5 Å². The van der Waals surface area contributed by atoms with Gasteiger partial charge in [0.25, 0.3) is 5.91 Å². The van der Waals surface area contributed by atoms with Crippen LogP contribution in [0.5, 0.6) is 0 Å². The Bertz CT molecular complexity index is 654. The van der Waals surface area contributed by atoms with Gasteiger partial charge in [0.05, 0.1) is 5.02 Å². The van der Waals surface area contributed by atoms with Crippen molar-refractivity contribution in [2.24, 2.45) is 0 Å². The van der Waals surface area contributed by atoms with Crippen LogP contribution < -0.4 is 5.32 Å². The maximum absolute atomic E-state index is 13.0. The van der Waals surface area contributed by atoms with Crippen molar-refractivity contribution < 1.29 is 9.18 Å². The Morgan fingerprint density at radius 3 is 3.00 bits per heavy atom. The second-order valence-electron chi connectivity index (χ2n) is 4.75. The van der Waals surface area contributed by atoms with E-state index in [2.05, 4.69) is 20.5 Å². The maximum atomic E-state index is 13.0. The van der Waals surface area contributed by atoms with Crippen molar-refractivity contribution in [1.29, 1.82) is 0 Å². The fraction of sp³-hybridized carbons (Fsp3) is 0.308. The minimum absolute atomic E-state index is 0.0330. The quantitative estimate of drug-likeness (QED) is 0.909. The van der Waals surface area contributed by atoms with Gasteiger partial charge in [-0.2, -0.15) is 0 Å². The number of halogens is 2. The SMILES string of the molecule is O=C(NCc1ccc(F)c(Cl)c1)c1n[nH]c(C2CC2)n1. The molecule has 0 bridgehead atoms. The van der Waals surface area contributed by atoms with Gasteiger partial charge in [0.15, 0.2) is 0 Å². The van der Waals surface area contributed by atoms with Crippen LogP contribution in [0.1, 0.15) is 40.8 Å². The van der Waals surface area contributed by atoms with Crippen LogP contribution in [0.25, 0.3) is 0 Å². The van der Waals surface area contributed by atoms with E-state index in [1.54, 1.807) is 6.07 Å². The standard InChI is InChI=1S/C13H12ClFN4O/c14-9-5-7(1-4-10(9)15)6-16-13(20)12-17-11(18-19-12)8-2-3-8/h1,4-5,8H,2-3,6H2,(H,16,20)(H,17,18,19). The van der Waals surface area contributed by atoms with E-state index in [-0.39, 0.29) is 23.3 Å². The topological polar surface area (TPSA) is 70.7 Å². The third-order valence-corrected chi connectivity index (χ3v) is 3.40. The smallest absolute Gasteiger partial charge is 0.291 e. The van der Waals surface area contributed by atoms with Crippen molar-refractivity contribution in [3.8, 4) is 0 Å². The summed E-state index contributed by atoms with van der Waals surface area (Å²) in [5, 5.41) is 9.36. The summed E-state index contributed by atoms with van der Waals surface area (Å²) in [7, 11) is 0. The van der Waals surface area contributed by atoms with Crippen LogP contribution >= 0.6 is 11.6 Å². The Kier molecular flexibility index (Phi) is 3.40.